The molecule has 5 nitrogen and oxygen atoms in total. The summed E-state index contributed by atoms with van der Waals surface area (Å²) in [6.07, 6.45) is 3.49. The van der Waals surface area contributed by atoms with Gasteiger partial charge >= 0.3 is 0 Å². The van der Waals surface area contributed by atoms with E-state index in [9.17, 15) is 0 Å². The Kier molecular flexibility index (Phi) is 4.36. The van der Waals surface area contributed by atoms with Gasteiger partial charge in [-0.2, -0.15) is 5.10 Å². The highest BCUT2D eigenvalue weighted by molar-refractivity contribution is 7.80. The summed E-state index contributed by atoms with van der Waals surface area (Å²) in [5.74, 6) is 0. The number of thiazole rings is 1. The van der Waals surface area contributed by atoms with Crippen LogP contribution in [0.4, 0.5) is 5.13 Å². The largest absolute Gasteiger partial charge is 0.307 e. The molecule has 0 aliphatic carbocycles. The molecule has 0 spiro atoms. The van der Waals surface area contributed by atoms with Gasteiger partial charge in [0.25, 0.3) is 0 Å². The van der Waals surface area contributed by atoms with Crippen LogP contribution in [-0.4, -0.2) is 20.8 Å². The number of anilines is 1. The lowest BCUT2D eigenvalue weighted by molar-refractivity contribution is 1.03. The monoisotopic (exact) mass is 327 g/mol. The van der Waals surface area contributed by atoms with Crippen LogP contribution in [0.5, 0.6) is 0 Å². The maximum Gasteiger partial charge on any atom is 0.193 e. The lowest BCUT2D eigenvalue weighted by Crippen LogP contribution is -2.25. The minimum absolute atomic E-state index is 0.398. The third kappa shape index (κ3) is 3.26. The third-order valence-corrected chi connectivity index (χ3v) is 3.88. The van der Waals surface area contributed by atoms with E-state index in [4.69, 9.17) is 12.2 Å². The van der Waals surface area contributed by atoms with Gasteiger partial charge in [-0.3, -0.25) is 10.4 Å². The van der Waals surface area contributed by atoms with Crippen molar-refractivity contribution in [1.29, 1.82) is 0 Å². The molecule has 0 aliphatic rings. The molecular formula is C15H13N5S2. The summed E-state index contributed by atoms with van der Waals surface area (Å²) in [6, 6.07) is 10.1. The molecule has 7 heteroatoms. The molecule has 0 fully saturated rings. The number of rotatable bonds is 3. The summed E-state index contributed by atoms with van der Waals surface area (Å²) in [4.78, 5) is 8.52. The van der Waals surface area contributed by atoms with Crippen LogP contribution < -0.4 is 10.7 Å². The lowest BCUT2D eigenvalue weighted by atomic mass is 10.1. The number of nitrogens with one attached hydrogen (secondary N) is 2. The molecule has 22 heavy (non-hydrogen) atoms. The second kappa shape index (κ2) is 6.59. The van der Waals surface area contributed by atoms with E-state index in [2.05, 4.69) is 31.9 Å². The molecule has 0 atom stereocenters. The molecule has 0 bridgehead atoms. The van der Waals surface area contributed by atoms with Crippen molar-refractivity contribution in [3.05, 3.63) is 53.8 Å². The molecular weight excluding hydrogens is 314 g/mol. The standard InChI is InChI=1S/C15H13N5S2/c1-10(19-20-14(21)18-15-17-8-9-22-15)13-12-5-3-2-4-11(12)6-7-16-13/h2-9H,1H3,(H2,17,18,20,21)/b19-10+. The molecule has 3 rings (SSSR count). The van der Waals surface area contributed by atoms with Crippen molar-refractivity contribution in [2.24, 2.45) is 5.10 Å². The van der Waals surface area contributed by atoms with Gasteiger partial charge in [0.2, 0.25) is 0 Å². The minimum atomic E-state index is 0.398. The summed E-state index contributed by atoms with van der Waals surface area (Å²) in [5.41, 5.74) is 4.42. The van der Waals surface area contributed by atoms with Crippen LogP contribution in [0.2, 0.25) is 0 Å². The molecule has 2 heterocycles. The predicted octanol–water partition coefficient (Wildman–Crippen LogP) is 3.40. The minimum Gasteiger partial charge on any atom is -0.307 e. The van der Waals surface area contributed by atoms with Crippen LogP contribution >= 0.6 is 23.6 Å². The SMILES string of the molecule is C/C(=N\NC(=S)Nc1nccs1)c1nccc2ccccc12. The number of hydrogen-bond donors (Lipinski definition) is 2. The third-order valence-electron chi connectivity index (χ3n) is 2.99. The fourth-order valence-corrected chi connectivity index (χ4v) is 2.75. The van der Waals surface area contributed by atoms with Gasteiger partial charge in [0.1, 0.15) is 0 Å². The molecule has 0 unspecified atom stereocenters. The van der Waals surface area contributed by atoms with Gasteiger partial charge in [-0.25, -0.2) is 4.98 Å². The molecule has 1 aromatic carbocycles. The average Bonchev–Trinajstić information content (AvgIpc) is 3.05. The van der Waals surface area contributed by atoms with Crippen molar-refractivity contribution in [2.75, 3.05) is 5.32 Å². The zero-order chi connectivity index (χ0) is 15.4. The van der Waals surface area contributed by atoms with Gasteiger partial charge in [-0.15, -0.1) is 11.3 Å². The highest BCUT2D eigenvalue weighted by Crippen LogP contribution is 2.16. The van der Waals surface area contributed by atoms with Crippen LogP contribution in [0, 0.1) is 0 Å². The fraction of sp³-hybridized carbons (Fsp3) is 0.0667. The van der Waals surface area contributed by atoms with Gasteiger partial charge in [-0.05, 0) is 30.6 Å². The Balaban J connectivity index is 1.77. The first-order chi connectivity index (χ1) is 10.7. The highest BCUT2D eigenvalue weighted by Gasteiger charge is 2.05. The molecule has 0 radical (unpaired) electrons. The second-order valence-corrected chi connectivity index (χ2v) is 5.78. The Labute approximate surface area is 137 Å². The van der Waals surface area contributed by atoms with E-state index in [1.54, 1.807) is 12.4 Å². The van der Waals surface area contributed by atoms with Crippen molar-refractivity contribution in [1.82, 2.24) is 15.4 Å². The van der Waals surface area contributed by atoms with Crippen molar-refractivity contribution in [3.63, 3.8) is 0 Å². The number of nitrogens with zero attached hydrogens (tertiary/aromatic N) is 3. The average molecular weight is 327 g/mol. The van der Waals surface area contributed by atoms with Crippen LogP contribution in [0.15, 0.2) is 53.2 Å². The number of benzene rings is 1. The second-order valence-electron chi connectivity index (χ2n) is 4.48. The fourth-order valence-electron chi connectivity index (χ4n) is 2.01. The van der Waals surface area contributed by atoms with Gasteiger partial charge in [0.15, 0.2) is 10.2 Å². The lowest BCUT2D eigenvalue weighted by Gasteiger charge is -2.07. The van der Waals surface area contributed by atoms with Crippen LogP contribution in [-0.2, 0) is 0 Å². The van der Waals surface area contributed by atoms with Crippen molar-refractivity contribution in [3.8, 4) is 0 Å². The first-order valence-corrected chi connectivity index (χ1v) is 7.88. The number of aromatic nitrogens is 2. The van der Waals surface area contributed by atoms with Crippen LogP contribution in [0.25, 0.3) is 10.8 Å². The van der Waals surface area contributed by atoms with Gasteiger partial charge < -0.3 is 5.32 Å². The summed E-state index contributed by atoms with van der Waals surface area (Å²) in [7, 11) is 0. The quantitative estimate of drug-likeness (QED) is 0.438. The highest BCUT2D eigenvalue weighted by atomic mass is 32.1. The first-order valence-electron chi connectivity index (χ1n) is 6.59. The van der Waals surface area contributed by atoms with E-state index in [-0.39, 0.29) is 0 Å². The normalized spacial score (nSPS) is 11.4. The Hall–Kier alpha value is -2.38. The topological polar surface area (TPSA) is 62.2 Å². The molecule has 2 N–H and O–H groups in total. The molecule has 0 amide bonds. The van der Waals surface area contributed by atoms with Crippen molar-refractivity contribution >= 4 is 50.3 Å². The van der Waals surface area contributed by atoms with Crippen LogP contribution in [0.3, 0.4) is 0 Å². The Morgan fingerprint density at radius 3 is 2.86 bits per heavy atom. The first kappa shape index (κ1) is 14.6. The number of hydrogen-bond acceptors (Lipinski definition) is 5. The predicted molar refractivity (Wildman–Crippen MR) is 95.4 cm³/mol. The Morgan fingerprint density at radius 2 is 2.05 bits per heavy atom. The molecule has 0 saturated heterocycles. The summed E-state index contributed by atoms with van der Waals surface area (Å²) in [6.45, 7) is 1.90. The zero-order valence-corrected chi connectivity index (χ0v) is 13.4. The number of pyridine rings is 1. The molecule has 2 aromatic heterocycles. The van der Waals surface area contributed by atoms with Gasteiger partial charge in [0.05, 0.1) is 11.4 Å². The van der Waals surface area contributed by atoms with Gasteiger partial charge in [-0.1, -0.05) is 24.3 Å². The summed E-state index contributed by atoms with van der Waals surface area (Å²) in [5, 5.41) is 12.5. The number of fused-ring (bicyclic) bond motifs is 1. The number of hydrazone groups is 1. The van der Waals surface area contributed by atoms with E-state index in [0.29, 0.717) is 5.11 Å². The van der Waals surface area contributed by atoms with Crippen molar-refractivity contribution < 1.29 is 0 Å². The molecule has 0 saturated carbocycles. The van der Waals surface area contributed by atoms with Crippen molar-refractivity contribution in [2.45, 2.75) is 6.92 Å². The molecule has 110 valence electrons. The van der Waals surface area contributed by atoms with E-state index in [1.165, 1.54) is 11.3 Å². The maximum absolute atomic E-state index is 5.18. The summed E-state index contributed by atoms with van der Waals surface area (Å²) < 4.78 is 0. The Bertz CT molecular complexity index is 822. The van der Waals surface area contributed by atoms with E-state index in [1.807, 2.05) is 36.6 Å². The number of thiocarbonyl (C=S) groups is 1. The van der Waals surface area contributed by atoms with E-state index < -0.39 is 0 Å². The zero-order valence-electron chi connectivity index (χ0n) is 11.8. The van der Waals surface area contributed by atoms with E-state index in [0.717, 1.165) is 27.3 Å². The smallest absolute Gasteiger partial charge is 0.193 e. The summed E-state index contributed by atoms with van der Waals surface area (Å²) >= 11 is 6.66. The van der Waals surface area contributed by atoms with Gasteiger partial charge in [0, 0.05) is 23.2 Å². The Morgan fingerprint density at radius 1 is 1.18 bits per heavy atom. The van der Waals surface area contributed by atoms with E-state index >= 15 is 0 Å². The molecule has 3 aromatic rings. The maximum atomic E-state index is 5.18. The molecule has 0 aliphatic heterocycles. The van der Waals surface area contributed by atoms with Crippen LogP contribution in [0.1, 0.15) is 12.6 Å².